The van der Waals surface area contributed by atoms with E-state index in [0.717, 1.165) is 5.56 Å². The van der Waals surface area contributed by atoms with Crippen molar-refractivity contribution in [2.45, 2.75) is 6.92 Å². The van der Waals surface area contributed by atoms with Crippen LogP contribution in [0.2, 0.25) is 0 Å². The van der Waals surface area contributed by atoms with E-state index in [-0.39, 0.29) is 11.6 Å². The first-order chi connectivity index (χ1) is 9.56. The maximum absolute atomic E-state index is 10.6. The third-order valence-corrected chi connectivity index (χ3v) is 2.40. The molecule has 0 aliphatic heterocycles. The number of nitro groups is 1. The van der Waals surface area contributed by atoms with Crippen LogP contribution in [0.5, 0.6) is 0 Å². The van der Waals surface area contributed by atoms with Crippen LogP contribution in [0.1, 0.15) is 12.7 Å². The van der Waals surface area contributed by atoms with Gasteiger partial charge in [0.05, 0.1) is 11.1 Å². The lowest BCUT2D eigenvalue weighted by Crippen LogP contribution is -2.12. The summed E-state index contributed by atoms with van der Waals surface area (Å²) in [6, 6.07) is 9.42. The van der Waals surface area contributed by atoms with Crippen LogP contribution in [0.15, 0.2) is 45.9 Å². The van der Waals surface area contributed by atoms with E-state index in [9.17, 15) is 14.9 Å². The fourth-order valence-corrected chi connectivity index (χ4v) is 1.51. The average Bonchev–Trinajstić information content (AvgIpc) is 2.87. The average molecular weight is 273 g/mol. The molecule has 1 N–H and O–H groups in total. The zero-order chi connectivity index (χ0) is 14.5. The van der Waals surface area contributed by atoms with E-state index in [1.807, 2.05) is 0 Å². The number of nitrogens with one attached hydrogen (secondary N) is 1. The summed E-state index contributed by atoms with van der Waals surface area (Å²) < 4.78 is 5.48. The number of hydrazone groups is 1. The Morgan fingerprint density at radius 3 is 2.60 bits per heavy atom. The van der Waals surface area contributed by atoms with Crippen LogP contribution in [0.4, 0.5) is 5.69 Å². The minimum atomic E-state index is -0.461. The SMILES string of the molecule is CC(=O)NN=Cc1ccc(-c2ccc([N+](=O)[O-])cc2)o1. The molecule has 0 aliphatic carbocycles. The predicted molar refractivity (Wildman–Crippen MR) is 72.2 cm³/mol. The van der Waals surface area contributed by atoms with Gasteiger partial charge in [-0.1, -0.05) is 0 Å². The van der Waals surface area contributed by atoms with Crippen molar-refractivity contribution in [3.05, 3.63) is 52.3 Å². The highest BCUT2D eigenvalue weighted by molar-refractivity contribution is 5.80. The molecule has 0 aliphatic rings. The number of non-ortho nitro benzene ring substituents is 1. The van der Waals surface area contributed by atoms with Gasteiger partial charge in [0.1, 0.15) is 11.5 Å². The number of nitrogens with zero attached hydrogens (tertiary/aromatic N) is 2. The van der Waals surface area contributed by atoms with E-state index in [0.29, 0.717) is 11.5 Å². The summed E-state index contributed by atoms with van der Waals surface area (Å²) in [7, 11) is 0. The Kier molecular flexibility index (Phi) is 3.90. The molecule has 0 unspecified atom stereocenters. The third kappa shape index (κ3) is 3.29. The first-order valence-electron chi connectivity index (χ1n) is 5.70. The van der Waals surface area contributed by atoms with E-state index in [2.05, 4.69) is 10.5 Å². The Morgan fingerprint density at radius 1 is 1.30 bits per heavy atom. The second-order valence-electron chi connectivity index (χ2n) is 3.93. The fourth-order valence-electron chi connectivity index (χ4n) is 1.51. The van der Waals surface area contributed by atoms with Crippen LogP contribution in [0.25, 0.3) is 11.3 Å². The van der Waals surface area contributed by atoms with Gasteiger partial charge in [0, 0.05) is 24.6 Å². The molecule has 1 amide bonds. The number of furan rings is 1. The maximum atomic E-state index is 10.6. The molecule has 7 heteroatoms. The zero-order valence-corrected chi connectivity index (χ0v) is 10.6. The maximum Gasteiger partial charge on any atom is 0.269 e. The van der Waals surface area contributed by atoms with Gasteiger partial charge in [-0.25, -0.2) is 5.43 Å². The second-order valence-corrected chi connectivity index (χ2v) is 3.93. The van der Waals surface area contributed by atoms with Crippen molar-refractivity contribution in [2.75, 3.05) is 0 Å². The van der Waals surface area contributed by atoms with Crippen LogP contribution in [-0.2, 0) is 4.79 Å². The Labute approximate surface area is 114 Å². The smallest absolute Gasteiger partial charge is 0.269 e. The molecular weight excluding hydrogens is 262 g/mol. The van der Waals surface area contributed by atoms with Gasteiger partial charge in [0.25, 0.3) is 5.69 Å². The van der Waals surface area contributed by atoms with Gasteiger partial charge in [-0.05, 0) is 24.3 Å². The lowest BCUT2D eigenvalue weighted by Gasteiger charge is -1.96. The highest BCUT2D eigenvalue weighted by Crippen LogP contribution is 2.23. The third-order valence-electron chi connectivity index (χ3n) is 2.40. The number of carbonyl (C=O) groups excluding carboxylic acids is 1. The Bertz CT molecular complexity index is 659. The van der Waals surface area contributed by atoms with Crippen molar-refractivity contribution < 1.29 is 14.1 Å². The van der Waals surface area contributed by atoms with Crippen LogP contribution < -0.4 is 5.43 Å². The molecule has 102 valence electrons. The van der Waals surface area contributed by atoms with Crippen LogP contribution in [-0.4, -0.2) is 17.0 Å². The minimum Gasteiger partial charge on any atom is -0.455 e. The number of benzene rings is 1. The second kappa shape index (κ2) is 5.79. The molecule has 2 aromatic rings. The molecule has 0 saturated heterocycles. The van der Waals surface area contributed by atoms with E-state index in [1.54, 1.807) is 24.3 Å². The normalized spacial score (nSPS) is 10.7. The molecule has 2 rings (SSSR count). The number of hydrogen-bond acceptors (Lipinski definition) is 5. The molecule has 0 atom stereocenters. The molecule has 1 aromatic heterocycles. The Hall–Kier alpha value is -2.96. The molecule has 1 aromatic carbocycles. The van der Waals surface area contributed by atoms with Crippen molar-refractivity contribution in [3.63, 3.8) is 0 Å². The summed E-state index contributed by atoms with van der Waals surface area (Å²) in [6.45, 7) is 1.35. The molecular formula is C13H11N3O4. The highest BCUT2D eigenvalue weighted by atomic mass is 16.6. The molecule has 0 bridgehead atoms. The summed E-state index contributed by atoms with van der Waals surface area (Å²) in [6.07, 6.45) is 1.37. The molecule has 0 spiro atoms. The van der Waals surface area contributed by atoms with Gasteiger partial charge < -0.3 is 4.42 Å². The Balaban J connectivity index is 2.14. The first-order valence-corrected chi connectivity index (χ1v) is 5.70. The topological polar surface area (TPSA) is 97.7 Å². The van der Waals surface area contributed by atoms with E-state index < -0.39 is 4.92 Å². The monoisotopic (exact) mass is 273 g/mol. The molecule has 7 nitrogen and oxygen atoms in total. The molecule has 0 saturated carbocycles. The molecule has 0 radical (unpaired) electrons. The summed E-state index contributed by atoms with van der Waals surface area (Å²) in [5, 5.41) is 14.2. The van der Waals surface area contributed by atoms with Crippen molar-refractivity contribution in [2.24, 2.45) is 5.10 Å². The van der Waals surface area contributed by atoms with Gasteiger partial charge in [-0.3, -0.25) is 14.9 Å². The molecule has 1 heterocycles. The Morgan fingerprint density at radius 2 is 2.00 bits per heavy atom. The quantitative estimate of drug-likeness (QED) is 0.525. The number of nitro benzene ring substituents is 1. The fraction of sp³-hybridized carbons (Fsp3) is 0.0769. The summed E-state index contributed by atoms with van der Waals surface area (Å²) >= 11 is 0. The molecule has 20 heavy (non-hydrogen) atoms. The lowest BCUT2D eigenvalue weighted by atomic mass is 10.1. The van der Waals surface area contributed by atoms with E-state index >= 15 is 0 Å². The van der Waals surface area contributed by atoms with E-state index in [1.165, 1.54) is 25.3 Å². The number of hydrogen-bond donors (Lipinski definition) is 1. The van der Waals surface area contributed by atoms with Gasteiger partial charge in [0.2, 0.25) is 5.91 Å². The van der Waals surface area contributed by atoms with Crippen LogP contribution in [0.3, 0.4) is 0 Å². The number of carbonyl (C=O) groups is 1. The standard InChI is InChI=1S/C13H11N3O4/c1-9(17)15-14-8-12-6-7-13(20-12)10-2-4-11(5-3-10)16(18)19/h2-8H,1H3,(H,15,17). The van der Waals surface area contributed by atoms with Crippen molar-refractivity contribution >= 4 is 17.8 Å². The van der Waals surface area contributed by atoms with Gasteiger partial charge in [-0.15, -0.1) is 0 Å². The highest BCUT2D eigenvalue weighted by Gasteiger charge is 2.07. The van der Waals surface area contributed by atoms with E-state index in [4.69, 9.17) is 4.42 Å². The summed E-state index contributed by atoms with van der Waals surface area (Å²) in [4.78, 5) is 20.7. The van der Waals surface area contributed by atoms with Crippen LogP contribution >= 0.6 is 0 Å². The largest absolute Gasteiger partial charge is 0.455 e. The van der Waals surface area contributed by atoms with Crippen LogP contribution in [0, 0.1) is 10.1 Å². The zero-order valence-electron chi connectivity index (χ0n) is 10.6. The summed E-state index contributed by atoms with van der Waals surface area (Å²) in [5.74, 6) is 0.750. The number of amides is 1. The summed E-state index contributed by atoms with van der Waals surface area (Å²) in [5.41, 5.74) is 3.00. The minimum absolute atomic E-state index is 0.0211. The van der Waals surface area contributed by atoms with Crippen molar-refractivity contribution in [1.29, 1.82) is 0 Å². The van der Waals surface area contributed by atoms with Crippen molar-refractivity contribution in [3.8, 4) is 11.3 Å². The lowest BCUT2D eigenvalue weighted by molar-refractivity contribution is -0.384. The first kappa shape index (κ1) is 13.5. The van der Waals surface area contributed by atoms with Gasteiger partial charge in [-0.2, -0.15) is 5.10 Å². The van der Waals surface area contributed by atoms with Gasteiger partial charge >= 0.3 is 0 Å². The number of rotatable bonds is 4. The predicted octanol–water partition coefficient (Wildman–Crippen LogP) is 2.32. The molecule has 0 fully saturated rings. The van der Waals surface area contributed by atoms with Crippen molar-refractivity contribution in [1.82, 2.24) is 5.43 Å². The van der Waals surface area contributed by atoms with Gasteiger partial charge in [0.15, 0.2) is 0 Å².